The number of ether oxygens (including phenoxy) is 4. The highest BCUT2D eigenvalue weighted by Crippen LogP contribution is 2.41. The molecule has 12 nitrogen and oxygen atoms in total. The van der Waals surface area contributed by atoms with Crippen molar-refractivity contribution in [2.45, 2.75) is 61.7 Å². The average molecular weight is 1160 g/mol. The fraction of sp³-hybridized carbons (Fsp3) is 0.133. The van der Waals surface area contributed by atoms with Gasteiger partial charge in [0.2, 0.25) is 0 Å². The molecule has 0 amide bonds. The number of phenolic OH excluding ortho intramolecular Hbond substituents is 1. The van der Waals surface area contributed by atoms with Crippen molar-refractivity contribution in [2.75, 3.05) is 0 Å². The number of Topliss-reactive ketones (excluding diaryl/α,β-unsaturated/α-hetero) is 2. The van der Waals surface area contributed by atoms with Crippen LogP contribution in [0.2, 0.25) is 0 Å². The second kappa shape index (κ2) is 29.1. The van der Waals surface area contributed by atoms with E-state index in [0.29, 0.717) is 52.3 Å². The summed E-state index contributed by atoms with van der Waals surface area (Å²) in [6.45, 7) is 0. The Kier molecular flexibility index (Phi) is 20.0. The van der Waals surface area contributed by atoms with Crippen LogP contribution in [0, 0.1) is 0 Å². The lowest BCUT2D eigenvalue weighted by molar-refractivity contribution is -0.0699. The molecule has 8 unspecified atom stereocenters. The number of aliphatic hydroxyl groups is 4. The zero-order valence-corrected chi connectivity index (χ0v) is 47.3. The molecule has 14 rings (SSSR count). The van der Waals surface area contributed by atoms with Gasteiger partial charge >= 0.3 is 0 Å². The lowest BCUT2D eigenvalue weighted by Gasteiger charge is -2.34. The molecule has 8 atom stereocenters. The monoisotopic (exact) mass is 1160 g/mol. The molecule has 5 N–H and O–H groups in total. The number of aromatic hydroxyl groups is 1. The summed E-state index contributed by atoms with van der Waals surface area (Å²) in [6.07, 6.45) is -0.818. The number of hydrogen-bond donors (Lipinski definition) is 5. The Morgan fingerprint density at radius 1 is 0.402 bits per heavy atom. The maximum Gasteiger partial charge on any atom is 0.199 e. The van der Waals surface area contributed by atoms with Crippen LogP contribution in [-0.2, 0) is 6.42 Å². The van der Waals surface area contributed by atoms with Gasteiger partial charge in [-0.25, -0.2) is 0 Å². The molecule has 0 aliphatic carbocycles. The van der Waals surface area contributed by atoms with Crippen LogP contribution in [0.5, 0.6) is 28.7 Å². The van der Waals surface area contributed by atoms with Gasteiger partial charge in [-0.3, -0.25) is 14.4 Å². The molecule has 4 aliphatic rings. The van der Waals surface area contributed by atoms with Crippen LogP contribution in [0.3, 0.4) is 0 Å². The molecule has 10 aromatic carbocycles. The molecule has 0 radical (unpaired) electrons. The summed E-state index contributed by atoms with van der Waals surface area (Å²) < 4.78 is 23.3. The third kappa shape index (κ3) is 15.0. The number of fused-ring (bicyclic) bond motifs is 4. The van der Waals surface area contributed by atoms with E-state index in [-0.39, 0.29) is 35.3 Å². The van der Waals surface area contributed by atoms with E-state index in [9.17, 15) is 39.9 Å². The number of rotatable bonds is 7. The Morgan fingerprint density at radius 3 is 1.47 bits per heavy atom. The van der Waals surface area contributed by atoms with Crippen molar-refractivity contribution < 1.29 is 58.9 Å². The van der Waals surface area contributed by atoms with Crippen molar-refractivity contribution >= 4 is 23.4 Å². The Hall–Kier alpha value is -10.2. The number of aliphatic hydroxyl groups excluding tert-OH is 4. The highest BCUT2D eigenvalue weighted by Gasteiger charge is 2.38. The van der Waals surface area contributed by atoms with Crippen LogP contribution < -0.4 is 18.9 Å². The minimum absolute atomic E-state index is 0.00946. The zero-order valence-electron chi connectivity index (χ0n) is 47.3. The first kappa shape index (κ1) is 59.9. The predicted octanol–water partition coefficient (Wildman–Crippen LogP) is 14.0. The van der Waals surface area contributed by atoms with Crippen molar-refractivity contribution in [1.29, 1.82) is 0 Å². The molecule has 436 valence electrons. The van der Waals surface area contributed by atoms with Gasteiger partial charge < -0.3 is 44.5 Å². The number of benzene rings is 10. The highest BCUT2D eigenvalue weighted by molar-refractivity contribution is 6.08. The molecular weight excluding hydrogens is 1090 g/mol. The largest absolute Gasteiger partial charge is 0.507 e. The Morgan fingerprint density at radius 2 is 0.851 bits per heavy atom. The molecule has 0 saturated heterocycles. The maximum absolute atomic E-state index is 12.1. The van der Waals surface area contributed by atoms with E-state index in [1.165, 1.54) is 12.1 Å². The fourth-order valence-electron chi connectivity index (χ4n) is 10.4. The second-order valence-corrected chi connectivity index (χ2v) is 20.8. The van der Waals surface area contributed by atoms with Crippen LogP contribution in [0.4, 0.5) is 0 Å². The number of carbonyl (C=O) groups is 3. The molecule has 0 bridgehead atoms. The molecule has 0 saturated carbocycles. The minimum atomic E-state index is -1.15. The third-order valence-electron chi connectivity index (χ3n) is 14.9. The molecular formula is C75H64O12. The predicted molar refractivity (Wildman–Crippen MR) is 333 cm³/mol. The lowest BCUT2D eigenvalue weighted by Crippen LogP contribution is -2.36. The van der Waals surface area contributed by atoms with Gasteiger partial charge in [0.1, 0.15) is 53.2 Å². The summed E-state index contributed by atoms with van der Waals surface area (Å²) in [7, 11) is 0. The third-order valence-corrected chi connectivity index (χ3v) is 14.9. The van der Waals surface area contributed by atoms with Crippen LogP contribution in [0.25, 0.3) is 6.08 Å². The quantitative estimate of drug-likeness (QED) is 0.0751. The van der Waals surface area contributed by atoms with Gasteiger partial charge in [0, 0.05) is 12.0 Å². The van der Waals surface area contributed by atoms with Crippen molar-refractivity contribution in [3.63, 3.8) is 0 Å². The van der Waals surface area contributed by atoms with E-state index in [4.69, 9.17) is 18.9 Å². The van der Waals surface area contributed by atoms with Crippen molar-refractivity contribution in [2.24, 2.45) is 0 Å². The summed E-state index contributed by atoms with van der Waals surface area (Å²) in [4.78, 5) is 35.9. The van der Waals surface area contributed by atoms with E-state index in [2.05, 4.69) is 0 Å². The smallest absolute Gasteiger partial charge is 0.199 e. The average Bonchev–Trinajstić information content (AvgIpc) is 3.71. The van der Waals surface area contributed by atoms with E-state index in [1.54, 1.807) is 54.6 Å². The molecule has 87 heavy (non-hydrogen) atoms. The van der Waals surface area contributed by atoms with Gasteiger partial charge in [0.15, 0.2) is 35.7 Å². The van der Waals surface area contributed by atoms with Crippen LogP contribution >= 0.6 is 0 Å². The highest BCUT2D eigenvalue weighted by atomic mass is 16.5. The lowest BCUT2D eigenvalue weighted by atomic mass is 9.92. The SMILES string of the molecule is O=C(/C=C/c1ccccc1)c1ccccc1O.O=C1CC(c2ccccc2)Oc2ccccc21.O=C1c2ccccc2OC(c2ccccc2)C1O.OC1Cc2ccccc2OC1c1ccccc1.OC1c2ccccc2OC(c2ccccc2)C1O. The van der Waals surface area contributed by atoms with Crippen LogP contribution in [0.15, 0.2) is 279 Å². The summed E-state index contributed by atoms with van der Waals surface area (Å²) >= 11 is 0. The Balaban J connectivity index is 0.000000120. The summed E-state index contributed by atoms with van der Waals surface area (Å²) in [6, 6.07) is 84.1. The van der Waals surface area contributed by atoms with Gasteiger partial charge in [-0.15, -0.1) is 0 Å². The first-order chi connectivity index (χ1) is 42.5. The second-order valence-electron chi connectivity index (χ2n) is 20.8. The van der Waals surface area contributed by atoms with E-state index in [0.717, 1.165) is 39.1 Å². The number of ketones is 3. The molecule has 4 heterocycles. The van der Waals surface area contributed by atoms with Crippen LogP contribution in [0.1, 0.15) is 107 Å². The molecule has 0 aromatic heterocycles. The topological polar surface area (TPSA) is 189 Å². The molecule has 10 aromatic rings. The van der Waals surface area contributed by atoms with Gasteiger partial charge in [0.05, 0.1) is 29.2 Å². The summed E-state index contributed by atoms with van der Waals surface area (Å²) in [5, 5.41) is 50.0. The normalized spacial score (nSPS) is 20.1. The maximum atomic E-state index is 12.1. The number of hydrogen-bond acceptors (Lipinski definition) is 12. The number of allylic oxidation sites excluding steroid dienone is 1. The first-order valence-corrected chi connectivity index (χ1v) is 28.6. The minimum Gasteiger partial charge on any atom is -0.507 e. The van der Waals surface area contributed by atoms with Crippen molar-refractivity contribution in [3.8, 4) is 28.7 Å². The van der Waals surface area contributed by atoms with Crippen molar-refractivity contribution in [1.82, 2.24) is 0 Å². The molecule has 0 fully saturated rings. The first-order valence-electron chi connectivity index (χ1n) is 28.6. The molecule has 4 aliphatic heterocycles. The fourth-order valence-corrected chi connectivity index (χ4v) is 10.4. The zero-order chi connectivity index (χ0) is 60.5. The van der Waals surface area contributed by atoms with Crippen molar-refractivity contribution in [3.05, 3.63) is 335 Å². The van der Waals surface area contributed by atoms with E-state index >= 15 is 0 Å². The number of para-hydroxylation sites is 5. The molecule has 0 spiro atoms. The van der Waals surface area contributed by atoms with Gasteiger partial charge in [-0.1, -0.05) is 231 Å². The standard InChI is InChI=1S/C15H14O3.C15H12O3.C15H12O2.C15H14O2.C15H12O2/c2*16-13-11-8-4-5-9-12(11)18-15(14(13)17)10-6-2-1-3-7-10;16-13-10-15(11-6-2-1-3-7-11)17-14-9-5-4-8-12(13)14;16-13-10-12-8-4-5-9-14(12)17-15(13)11-6-2-1-3-7-11;16-14-9-5-4-8-13(14)15(17)11-10-12-6-2-1-3-7-12/h1-9,13-17H;1-9,14-15,17H;1-9,15H,10H2;1-9,13,15-16H,10H2;1-11,16H/b;;;;11-10+. The number of carbonyl (C=O) groups excluding carboxylic acids is 3. The van der Waals surface area contributed by atoms with E-state index in [1.807, 2.05) is 218 Å². The van der Waals surface area contributed by atoms with Gasteiger partial charge in [0.25, 0.3) is 0 Å². The summed E-state index contributed by atoms with van der Waals surface area (Å²) in [5.41, 5.74) is 7.86. The van der Waals surface area contributed by atoms with E-state index < -0.39 is 36.6 Å². The molecule has 12 heteroatoms. The van der Waals surface area contributed by atoms with Crippen LogP contribution in [-0.4, -0.2) is 61.2 Å². The summed E-state index contributed by atoms with van der Waals surface area (Å²) in [5.74, 6) is 2.41. The van der Waals surface area contributed by atoms with Gasteiger partial charge in [-0.05, 0) is 88.0 Å². The van der Waals surface area contributed by atoms with Gasteiger partial charge in [-0.2, -0.15) is 0 Å². The Labute approximate surface area is 505 Å². The number of phenols is 1. The Bertz CT molecular complexity index is 3900.